The minimum Gasteiger partial charge on any atom is -0.439 e. The first kappa shape index (κ1) is 23.0. The molecule has 2 amide bonds. The first-order valence-corrected chi connectivity index (χ1v) is 11.0. The summed E-state index contributed by atoms with van der Waals surface area (Å²) in [6.07, 6.45) is 0. The summed E-state index contributed by atoms with van der Waals surface area (Å²) in [6.45, 7) is 11.9. The molecule has 2 aromatic heterocycles. The van der Waals surface area contributed by atoms with Crippen LogP contribution in [0.5, 0.6) is 11.6 Å². The molecule has 0 unspecified atom stereocenters. The van der Waals surface area contributed by atoms with E-state index in [-0.39, 0.29) is 6.03 Å². The van der Waals surface area contributed by atoms with Crippen LogP contribution in [0.25, 0.3) is 5.82 Å². The van der Waals surface area contributed by atoms with Gasteiger partial charge in [0.05, 0.1) is 5.69 Å². The maximum atomic E-state index is 12.3. The van der Waals surface area contributed by atoms with Crippen molar-refractivity contribution in [2.45, 2.75) is 41.5 Å². The number of rotatable bonds is 5. The van der Waals surface area contributed by atoms with Gasteiger partial charge in [-0.2, -0.15) is 10.1 Å². The van der Waals surface area contributed by atoms with Crippen LogP contribution < -0.4 is 15.4 Å². The number of hydrogen-bond acceptors (Lipinski definition) is 5. The fraction of sp³-hybridized carbons (Fsp3) is 0.231. The van der Waals surface area contributed by atoms with E-state index < -0.39 is 0 Å². The van der Waals surface area contributed by atoms with E-state index in [0.717, 1.165) is 28.2 Å². The van der Waals surface area contributed by atoms with Crippen molar-refractivity contribution in [2.75, 3.05) is 10.6 Å². The third kappa shape index (κ3) is 5.06. The number of benzene rings is 2. The molecule has 0 spiro atoms. The lowest BCUT2D eigenvalue weighted by molar-refractivity contribution is 0.262. The van der Waals surface area contributed by atoms with Gasteiger partial charge < -0.3 is 15.4 Å². The molecule has 0 aliphatic rings. The topological polar surface area (TPSA) is 94.0 Å². The highest BCUT2D eigenvalue weighted by Crippen LogP contribution is 2.24. The van der Waals surface area contributed by atoms with E-state index in [4.69, 9.17) is 4.74 Å². The zero-order valence-electron chi connectivity index (χ0n) is 20.2. The minimum absolute atomic E-state index is 0.312. The van der Waals surface area contributed by atoms with Crippen LogP contribution in [0.4, 0.5) is 16.2 Å². The second-order valence-electron chi connectivity index (χ2n) is 8.32. The van der Waals surface area contributed by atoms with Crippen molar-refractivity contribution < 1.29 is 9.53 Å². The molecule has 0 bridgehead atoms. The number of hydrogen-bond donors (Lipinski definition) is 2. The van der Waals surface area contributed by atoms with Crippen LogP contribution in [0.1, 0.15) is 33.9 Å². The first-order valence-electron chi connectivity index (χ1n) is 11.0. The molecule has 2 aromatic carbocycles. The highest BCUT2D eigenvalue weighted by molar-refractivity contribution is 5.99. The molecular weight excluding hydrogens is 428 g/mol. The summed E-state index contributed by atoms with van der Waals surface area (Å²) in [5.41, 5.74) is 6.80. The third-order valence-electron chi connectivity index (χ3n) is 5.77. The zero-order chi connectivity index (χ0) is 24.4. The average Bonchev–Trinajstić information content (AvgIpc) is 3.04. The Morgan fingerprint density at radius 1 is 0.824 bits per heavy atom. The van der Waals surface area contributed by atoms with E-state index >= 15 is 0 Å². The number of nitrogens with one attached hydrogen (secondary N) is 2. The number of carbonyl (C=O) groups excluding carboxylic acids is 1. The van der Waals surface area contributed by atoms with Gasteiger partial charge in [0.25, 0.3) is 0 Å². The number of ether oxygens (including phenoxy) is 1. The lowest BCUT2D eigenvalue weighted by atomic mass is 10.1. The number of carbonyl (C=O) groups is 1. The van der Waals surface area contributed by atoms with Crippen LogP contribution in [-0.4, -0.2) is 25.8 Å². The molecule has 0 aliphatic carbocycles. The quantitative estimate of drug-likeness (QED) is 0.387. The SMILES string of the molecule is Cc1nc(Oc2ccc(NC(=O)Nc3ccc(C)c(C)c3)cc2)cc(-n2nc(C)c(C)c2C)n1. The van der Waals surface area contributed by atoms with Gasteiger partial charge in [-0.3, -0.25) is 0 Å². The van der Waals surface area contributed by atoms with Gasteiger partial charge in [0.1, 0.15) is 11.6 Å². The molecule has 0 radical (unpaired) electrons. The molecule has 34 heavy (non-hydrogen) atoms. The van der Waals surface area contributed by atoms with E-state index in [9.17, 15) is 4.79 Å². The number of nitrogens with zero attached hydrogens (tertiary/aromatic N) is 4. The van der Waals surface area contributed by atoms with E-state index in [1.807, 2.05) is 59.7 Å². The van der Waals surface area contributed by atoms with Crippen LogP contribution in [0, 0.1) is 41.5 Å². The monoisotopic (exact) mass is 456 g/mol. The normalized spacial score (nSPS) is 10.8. The molecule has 174 valence electrons. The first-order chi connectivity index (χ1) is 16.2. The van der Waals surface area contributed by atoms with Gasteiger partial charge in [-0.1, -0.05) is 6.07 Å². The van der Waals surface area contributed by atoms with Crippen molar-refractivity contribution >= 4 is 17.4 Å². The Morgan fingerprint density at radius 2 is 1.50 bits per heavy atom. The molecule has 0 atom stereocenters. The van der Waals surface area contributed by atoms with Gasteiger partial charge in [-0.25, -0.2) is 14.5 Å². The van der Waals surface area contributed by atoms with Gasteiger partial charge in [0, 0.05) is 23.1 Å². The number of urea groups is 1. The summed E-state index contributed by atoms with van der Waals surface area (Å²) < 4.78 is 7.76. The van der Waals surface area contributed by atoms with Gasteiger partial charge in [0.2, 0.25) is 5.88 Å². The van der Waals surface area contributed by atoms with Crippen LogP contribution in [0.3, 0.4) is 0 Å². The summed E-state index contributed by atoms with van der Waals surface area (Å²) in [4.78, 5) is 21.2. The Labute approximate surface area is 199 Å². The molecular formula is C26H28N6O2. The Hall–Kier alpha value is -4.20. The van der Waals surface area contributed by atoms with Gasteiger partial charge in [0.15, 0.2) is 5.82 Å². The summed E-state index contributed by atoms with van der Waals surface area (Å²) in [5, 5.41) is 10.2. The minimum atomic E-state index is -0.312. The standard InChI is InChI=1S/C26H28N6O2/c1-15-7-8-22(13-16(15)2)30-26(33)29-21-9-11-23(12-10-21)34-25-14-24(27-20(6)28-25)32-19(5)17(3)18(4)31-32/h7-14H,1-6H3,(H2,29,30,33). The Kier molecular flexibility index (Phi) is 6.32. The Morgan fingerprint density at radius 3 is 2.15 bits per heavy atom. The summed E-state index contributed by atoms with van der Waals surface area (Å²) in [6, 6.07) is 14.3. The predicted molar refractivity (Wildman–Crippen MR) is 133 cm³/mol. The van der Waals surface area contributed by atoms with Crippen molar-refractivity contribution in [3.05, 3.63) is 82.4 Å². The largest absolute Gasteiger partial charge is 0.439 e. The van der Waals surface area contributed by atoms with Gasteiger partial charge >= 0.3 is 6.03 Å². The smallest absolute Gasteiger partial charge is 0.323 e. The average molecular weight is 457 g/mol. The van der Waals surface area contributed by atoms with Crippen LogP contribution in [0.2, 0.25) is 0 Å². The Balaban J connectivity index is 1.44. The molecule has 0 saturated carbocycles. The number of amides is 2. The number of aryl methyl sites for hydroxylation is 4. The van der Waals surface area contributed by atoms with E-state index in [1.165, 1.54) is 5.56 Å². The van der Waals surface area contributed by atoms with Gasteiger partial charge in [-0.15, -0.1) is 0 Å². The lowest BCUT2D eigenvalue weighted by Gasteiger charge is -2.11. The van der Waals surface area contributed by atoms with Crippen molar-refractivity contribution in [1.29, 1.82) is 0 Å². The Bertz CT molecular complexity index is 1360. The molecule has 8 nitrogen and oxygen atoms in total. The van der Waals surface area contributed by atoms with Crippen molar-refractivity contribution in [3.8, 4) is 17.4 Å². The van der Waals surface area contributed by atoms with Gasteiger partial charge in [-0.05, 0) is 94.6 Å². The summed E-state index contributed by atoms with van der Waals surface area (Å²) in [7, 11) is 0. The van der Waals surface area contributed by atoms with E-state index in [1.54, 1.807) is 35.0 Å². The van der Waals surface area contributed by atoms with Crippen molar-refractivity contribution in [1.82, 2.24) is 19.7 Å². The van der Waals surface area contributed by atoms with Crippen molar-refractivity contribution in [2.24, 2.45) is 0 Å². The summed E-state index contributed by atoms with van der Waals surface area (Å²) >= 11 is 0. The van der Waals surface area contributed by atoms with E-state index in [0.29, 0.717) is 29.0 Å². The predicted octanol–water partition coefficient (Wildman–Crippen LogP) is 5.95. The molecule has 8 heteroatoms. The lowest BCUT2D eigenvalue weighted by Crippen LogP contribution is -2.19. The van der Waals surface area contributed by atoms with Crippen molar-refractivity contribution in [3.63, 3.8) is 0 Å². The second-order valence-corrected chi connectivity index (χ2v) is 8.32. The molecule has 4 aromatic rings. The molecule has 2 heterocycles. The second kappa shape index (κ2) is 9.35. The molecule has 4 rings (SSSR count). The maximum Gasteiger partial charge on any atom is 0.323 e. The number of aromatic nitrogens is 4. The fourth-order valence-corrected chi connectivity index (χ4v) is 3.47. The summed E-state index contributed by atoms with van der Waals surface area (Å²) in [5.74, 6) is 2.24. The van der Waals surface area contributed by atoms with Crippen LogP contribution in [0.15, 0.2) is 48.5 Å². The number of anilines is 2. The molecule has 0 saturated heterocycles. The highest BCUT2D eigenvalue weighted by atomic mass is 16.5. The maximum absolute atomic E-state index is 12.3. The highest BCUT2D eigenvalue weighted by Gasteiger charge is 2.13. The van der Waals surface area contributed by atoms with E-state index in [2.05, 4.69) is 25.7 Å². The molecule has 0 aliphatic heterocycles. The molecule has 0 fully saturated rings. The molecule has 2 N–H and O–H groups in total. The third-order valence-corrected chi connectivity index (χ3v) is 5.77. The fourth-order valence-electron chi connectivity index (χ4n) is 3.47. The van der Waals surface area contributed by atoms with Crippen LogP contribution >= 0.6 is 0 Å². The van der Waals surface area contributed by atoms with Crippen LogP contribution in [-0.2, 0) is 0 Å². The zero-order valence-corrected chi connectivity index (χ0v) is 20.2.